The molecule has 138 valence electrons. The fourth-order valence-electron chi connectivity index (χ4n) is 3.50. The van der Waals surface area contributed by atoms with Gasteiger partial charge in [0, 0.05) is 32.3 Å². The summed E-state index contributed by atoms with van der Waals surface area (Å²) >= 11 is 1.35. The number of thiophene rings is 1. The van der Waals surface area contributed by atoms with Gasteiger partial charge in [0.2, 0.25) is 0 Å². The quantitative estimate of drug-likeness (QED) is 0.302. The Balaban J connectivity index is 2.05. The molecule has 0 saturated carbocycles. The van der Waals surface area contributed by atoms with E-state index in [2.05, 4.69) is 0 Å². The second-order valence-electron chi connectivity index (χ2n) is 6.26. The van der Waals surface area contributed by atoms with Crippen LogP contribution in [0.5, 0.6) is 0 Å². The number of aldehydes is 1. The molecule has 2 aromatic carbocycles. The van der Waals surface area contributed by atoms with Crippen LogP contribution in [0.2, 0.25) is 0 Å². The number of hydrogen-bond acceptors (Lipinski definition) is 2. The van der Waals surface area contributed by atoms with Gasteiger partial charge in [-0.1, -0.05) is 0 Å². The lowest BCUT2D eigenvalue weighted by molar-refractivity contribution is -0.137. The minimum Gasteiger partial charge on any atom is -0.337 e. The first-order chi connectivity index (χ1) is 12.8. The third-order valence-electron chi connectivity index (χ3n) is 4.71. The van der Waals surface area contributed by atoms with Crippen LogP contribution in [0.25, 0.3) is 32.1 Å². The number of aromatic nitrogens is 1. The monoisotopic (exact) mass is 391 g/mol. The predicted molar refractivity (Wildman–Crippen MR) is 98.5 cm³/mol. The molecule has 0 saturated heterocycles. The second-order valence-corrected chi connectivity index (χ2v) is 7.17. The van der Waals surface area contributed by atoms with Gasteiger partial charge in [0.1, 0.15) is 12.1 Å². The molecule has 2 nitrogen and oxygen atoms in total. The lowest BCUT2D eigenvalue weighted by Crippen LogP contribution is -2.04. The van der Waals surface area contributed by atoms with Gasteiger partial charge in [-0.15, -0.1) is 11.3 Å². The van der Waals surface area contributed by atoms with Crippen molar-refractivity contribution in [1.29, 1.82) is 0 Å². The van der Waals surface area contributed by atoms with Crippen LogP contribution in [-0.4, -0.2) is 10.9 Å². The van der Waals surface area contributed by atoms with Gasteiger partial charge >= 0.3 is 6.18 Å². The van der Waals surface area contributed by atoms with E-state index in [9.17, 15) is 22.4 Å². The van der Waals surface area contributed by atoms with Crippen LogP contribution in [0.1, 0.15) is 11.3 Å². The summed E-state index contributed by atoms with van der Waals surface area (Å²) in [5.74, 6) is -0.437. The first-order valence-corrected chi connectivity index (χ1v) is 9.00. The largest absolute Gasteiger partial charge is 0.416 e. The first kappa shape index (κ1) is 17.7. The van der Waals surface area contributed by atoms with Crippen LogP contribution in [0, 0.1) is 12.7 Å². The normalized spacial score (nSPS) is 12.2. The zero-order chi connectivity index (χ0) is 19.3. The number of alkyl halides is 3. The molecule has 0 spiro atoms. The zero-order valence-corrected chi connectivity index (χ0v) is 14.9. The molecule has 0 N–H and O–H groups in total. The molecule has 0 aliphatic heterocycles. The van der Waals surface area contributed by atoms with E-state index in [1.165, 1.54) is 29.5 Å². The van der Waals surface area contributed by atoms with Gasteiger partial charge in [-0.05, 0) is 48.7 Å². The highest BCUT2D eigenvalue weighted by Gasteiger charge is 2.31. The van der Waals surface area contributed by atoms with Crippen molar-refractivity contribution >= 4 is 38.6 Å². The SMILES string of the molecule is Cc1c(-c2csc3ccc(C(F)(F)F)cc23)c2ccc(F)cc2n1CC=O. The molecule has 0 bridgehead atoms. The Morgan fingerprint density at radius 3 is 2.59 bits per heavy atom. The minimum atomic E-state index is -4.43. The van der Waals surface area contributed by atoms with Crippen LogP contribution >= 0.6 is 11.3 Å². The highest BCUT2D eigenvalue weighted by molar-refractivity contribution is 7.17. The molecule has 0 atom stereocenters. The Kier molecular flexibility index (Phi) is 4.07. The lowest BCUT2D eigenvalue weighted by atomic mass is 10.00. The van der Waals surface area contributed by atoms with Gasteiger partial charge < -0.3 is 9.36 Å². The lowest BCUT2D eigenvalue weighted by Gasteiger charge is -2.08. The van der Waals surface area contributed by atoms with E-state index in [1.807, 2.05) is 0 Å². The summed E-state index contributed by atoms with van der Waals surface area (Å²) < 4.78 is 55.6. The van der Waals surface area contributed by atoms with Gasteiger partial charge in [0.15, 0.2) is 0 Å². The molecule has 2 heterocycles. The number of rotatable bonds is 3. The molecular formula is C20H13F4NOS. The number of nitrogens with zero attached hydrogens (tertiary/aromatic N) is 1. The smallest absolute Gasteiger partial charge is 0.337 e. The summed E-state index contributed by atoms with van der Waals surface area (Å²) in [6, 6.07) is 7.93. The second kappa shape index (κ2) is 6.20. The molecule has 4 aromatic rings. The van der Waals surface area contributed by atoms with Crippen molar-refractivity contribution in [3.63, 3.8) is 0 Å². The highest BCUT2D eigenvalue weighted by Crippen LogP contribution is 2.43. The van der Waals surface area contributed by atoms with Crippen molar-refractivity contribution in [3.05, 3.63) is 58.9 Å². The van der Waals surface area contributed by atoms with Crippen molar-refractivity contribution in [2.24, 2.45) is 0 Å². The zero-order valence-electron chi connectivity index (χ0n) is 14.1. The van der Waals surface area contributed by atoms with Crippen molar-refractivity contribution in [2.45, 2.75) is 19.6 Å². The highest BCUT2D eigenvalue weighted by atomic mass is 32.1. The van der Waals surface area contributed by atoms with Crippen LogP contribution in [0.4, 0.5) is 17.6 Å². The fraction of sp³-hybridized carbons (Fsp3) is 0.150. The van der Waals surface area contributed by atoms with Gasteiger partial charge in [-0.3, -0.25) is 0 Å². The van der Waals surface area contributed by atoms with E-state index in [-0.39, 0.29) is 6.54 Å². The Morgan fingerprint density at radius 2 is 1.89 bits per heavy atom. The van der Waals surface area contributed by atoms with Gasteiger partial charge in [0.05, 0.1) is 17.6 Å². The van der Waals surface area contributed by atoms with E-state index < -0.39 is 17.6 Å². The summed E-state index contributed by atoms with van der Waals surface area (Å²) in [6.07, 6.45) is -3.72. The Bertz CT molecular complexity index is 1190. The maximum atomic E-state index is 13.8. The number of hydrogen-bond donors (Lipinski definition) is 0. The Hall–Kier alpha value is -2.67. The average Bonchev–Trinajstić information content (AvgIpc) is 3.13. The van der Waals surface area contributed by atoms with Crippen molar-refractivity contribution in [2.75, 3.05) is 0 Å². The molecule has 0 radical (unpaired) electrons. The molecular weight excluding hydrogens is 378 g/mol. The fourth-order valence-corrected chi connectivity index (χ4v) is 4.43. The summed E-state index contributed by atoms with van der Waals surface area (Å²) in [5, 5.41) is 3.00. The Labute approximate surface area is 155 Å². The van der Waals surface area contributed by atoms with Gasteiger partial charge in [-0.25, -0.2) is 4.39 Å². The van der Waals surface area contributed by atoms with E-state index in [4.69, 9.17) is 0 Å². The van der Waals surface area contributed by atoms with E-state index in [1.54, 1.807) is 22.9 Å². The molecule has 2 aromatic heterocycles. The van der Waals surface area contributed by atoms with Gasteiger partial charge in [-0.2, -0.15) is 13.2 Å². The summed E-state index contributed by atoms with van der Waals surface area (Å²) in [4.78, 5) is 11.1. The number of carbonyl (C=O) groups excluding carboxylic acids is 1. The molecule has 0 fully saturated rings. The number of fused-ring (bicyclic) bond motifs is 2. The maximum absolute atomic E-state index is 13.8. The summed E-state index contributed by atoms with van der Waals surface area (Å²) in [5.41, 5.74) is 1.91. The topological polar surface area (TPSA) is 22.0 Å². The molecule has 7 heteroatoms. The third kappa shape index (κ3) is 2.82. The van der Waals surface area contributed by atoms with Gasteiger partial charge in [0.25, 0.3) is 0 Å². The van der Waals surface area contributed by atoms with Crippen molar-refractivity contribution in [1.82, 2.24) is 4.57 Å². The standard InChI is InChI=1S/C20H13F4NOS/c1-11-19(14-4-3-13(21)9-17(14)25(11)6-7-26)16-10-27-18-5-2-12(8-15(16)18)20(22,23)24/h2-5,7-10H,6H2,1H3. The molecule has 4 rings (SSSR count). The summed E-state index contributed by atoms with van der Waals surface area (Å²) in [6.45, 7) is 1.83. The first-order valence-electron chi connectivity index (χ1n) is 8.12. The minimum absolute atomic E-state index is 0.0433. The van der Waals surface area contributed by atoms with Crippen LogP contribution in [-0.2, 0) is 17.5 Å². The third-order valence-corrected chi connectivity index (χ3v) is 5.68. The van der Waals surface area contributed by atoms with Crippen LogP contribution < -0.4 is 0 Å². The number of benzene rings is 2. The molecule has 27 heavy (non-hydrogen) atoms. The average molecular weight is 391 g/mol. The van der Waals surface area contributed by atoms with E-state index in [0.717, 1.165) is 22.4 Å². The molecule has 0 amide bonds. The molecule has 0 unspecified atom stereocenters. The predicted octanol–water partition coefficient (Wildman–Crippen LogP) is 6.19. The van der Waals surface area contributed by atoms with Crippen LogP contribution in [0.15, 0.2) is 41.8 Å². The number of carbonyl (C=O) groups is 1. The maximum Gasteiger partial charge on any atom is 0.416 e. The molecule has 0 aliphatic rings. The molecule has 0 aliphatic carbocycles. The van der Waals surface area contributed by atoms with E-state index in [0.29, 0.717) is 33.8 Å². The van der Waals surface area contributed by atoms with Crippen molar-refractivity contribution < 1.29 is 22.4 Å². The number of halogens is 4. The summed E-state index contributed by atoms with van der Waals surface area (Å²) in [7, 11) is 0. The van der Waals surface area contributed by atoms with Crippen LogP contribution in [0.3, 0.4) is 0 Å². The van der Waals surface area contributed by atoms with E-state index >= 15 is 0 Å². The van der Waals surface area contributed by atoms with Crippen molar-refractivity contribution in [3.8, 4) is 11.1 Å². The Morgan fingerprint density at radius 1 is 1.11 bits per heavy atom.